The molecule has 170 valence electrons. The number of Topliss-reactive ketones (excluding diaryl/α,β-unsaturated/α-hetero) is 1. The number of rotatable bonds is 5. The molecule has 0 spiro atoms. The molecule has 0 bridgehead atoms. The van der Waals surface area contributed by atoms with Gasteiger partial charge >= 0.3 is 0 Å². The number of aromatic hydroxyl groups is 1. The molecule has 0 unspecified atom stereocenters. The Hall–Kier alpha value is -4.39. The van der Waals surface area contributed by atoms with Gasteiger partial charge < -0.3 is 20.1 Å². The summed E-state index contributed by atoms with van der Waals surface area (Å²) in [6, 6.07) is 16.7. The highest BCUT2D eigenvalue weighted by Crippen LogP contribution is 2.39. The second-order valence-electron chi connectivity index (χ2n) is 8.50. The van der Waals surface area contributed by atoms with Gasteiger partial charge in [0.2, 0.25) is 0 Å². The van der Waals surface area contributed by atoms with Crippen LogP contribution in [0.1, 0.15) is 37.2 Å². The number of carbonyl (C=O) groups excluding carboxylic acids is 1. The summed E-state index contributed by atoms with van der Waals surface area (Å²) in [7, 11) is 0. The van der Waals surface area contributed by atoms with Crippen molar-refractivity contribution in [2.24, 2.45) is 0 Å². The van der Waals surface area contributed by atoms with E-state index in [2.05, 4.69) is 28.4 Å². The Morgan fingerprint density at radius 1 is 1.06 bits per heavy atom. The minimum Gasteiger partial charge on any atom is -0.507 e. The summed E-state index contributed by atoms with van der Waals surface area (Å²) in [4.78, 5) is 20.7. The standard InChI is InChI=1S/C27H24N4O3/c1-15(2)31-13-21(25-26(28)29-14-30-27(25)31)17-8-10-18(11-9-17)34-23-12-22(33)24(16(3)32)20-7-5-4-6-19(20)23/h4-15,33H,1-3H3,(H2,28,29,30). The van der Waals surface area contributed by atoms with Crippen molar-refractivity contribution in [3.63, 3.8) is 0 Å². The summed E-state index contributed by atoms with van der Waals surface area (Å²) in [5, 5.41) is 12.7. The predicted octanol–water partition coefficient (Wildman–Crippen LogP) is 6.12. The number of nitrogens with two attached hydrogens (primary N) is 1. The van der Waals surface area contributed by atoms with Gasteiger partial charge in [-0.15, -0.1) is 0 Å². The molecule has 0 amide bonds. The average Bonchev–Trinajstić information content (AvgIpc) is 3.21. The molecule has 0 fully saturated rings. The van der Waals surface area contributed by atoms with E-state index in [0.717, 1.165) is 27.5 Å². The highest BCUT2D eigenvalue weighted by Gasteiger charge is 2.18. The number of carbonyl (C=O) groups is 1. The smallest absolute Gasteiger partial charge is 0.164 e. The Balaban J connectivity index is 1.55. The minimum absolute atomic E-state index is 0.102. The van der Waals surface area contributed by atoms with Crippen LogP contribution in [0, 0.1) is 0 Å². The van der Waals surface area contributed by atoms with Crippen LogP contribution in [0.4, 0.5) is 5.82 Å². The quantitative estimate of drug-likeness (QED) is 0.312. The molecule has 0 saturated heterocycles. The second kappa shape index (κ2) is 8.19. The van der Waals surface area contributed by atoms with Crippen LogP contribution >= 0.6 is 0 Å². The molecule has 7 heteroatoms. The lowest BCUT2D eigenvalue weighted by atomic mass is 10.00. The highest BCUT2D eigenvalue weighted by atomic mass is 16.5. The van der Waals surface area contributed by atoms with Crippen LogP contribution in [-0.2, 0) is 0 Å². The maximum Gasteiger partial charge on any atom is 0.164 e. The molecular formula is C27H24N4O3. The van der Waals surface area contributed by atoms with Crippen molar-refractivity contribution in [2.45, 2.75) is 26.8 Å². The number of ether oxygens (including phenoxy) is 1. The Labute approximate surface area is 196 Å². The Bertz CT molecular complexity index is 1550. The number of phenolic OH excluding ortho intramolecular Hbond substituents is 1. The van der Waals surface area contributed by atoms with Crippen LogP contribution in [0.2, 0.25) is 0 Å². The maximum absolute atomic E-state index is 12.1. The Morgan fingerprint density at radius 2 is 1.76 bits per heavy atom. The van der Waals surface area contributed by atoms with Crippen molar-refractivity contribution in [1.29, 1.82) is 0 Å². The molecule has 0 atom stereocenters. The number of phenols is 1. The van der Waals surface area contributed by atoms with Gasteiger partial charge in [0.25, 0.3) is 0 Å². The van der Waals surface area contributed by atoms with Crippen molar-refractivity contribution in [1.82, 2.24) is 14.5 Å². The molecule has 0 radical (unpaired) electrons. The third-order valence-electron chi connectivity index (χ3n) is 5.93. The van der Waals surface area contributed by atoms with Gasteiger partial charge in [-0.2, -0.15) is 0 Å². The fraction of sp³-hybridized carbons (Fsp3) is 0.148. The van der Waals surface area contributed by atoms with E-state index in [-0.39, 0.29) is 17.6 Å². The van der Waals surface area contributed by atoms with Gasteiger partial charge in [0, 0.05) is 29.3 Å². The SMILES string of the molecule is CC(=O)c1c(O)cc(Oc2ccc(-c3cn(C(C)C)c4ncnc(N)c34)cc2)c2ccccc12. The molecule has 2 heterocycles. The summed E-state index contributed by atoms with van der Waals surface area (Å²) >= 11 is 0. The molecule has 0 aliphatic carbocycles. The lowest BCUT2D eigenvalue weighted by Gasteiger charge is -2.13. The monoisotopic (exact) mass is 452 g/mol. The zero-order valence-electron chi connectivity index (χ0n) is 19.1. The lowest BCUT2D eigenvalue weighted by Crippen LogP contribution is -2.00. The van der Waals surface area contributed by atoms with Crippen molar-refractivity contribution in [2.75, 3.05) is 5.73 Å². The third-order valence-corrected chi connectivity index (χ3v) is 5.93. The molecule has 0 aliphatic rings. The molecule has 0 saturated carbocycles. The first kappa shape index (κ1) is 21.5. The summed E-state index contributed by atoms with van der Waals surface area (Å²) in [5.41, 5.74) is 9.19. The van der Waals surface area contributed by atoms with Gasteiger partial charge in [-0.1, -0.05) is 36.4 Å². The normalized spacial score (nSPS) is 11.4. The van der Waals surface area contributed by atoms with Crippen molar-refractivity contribution < 1.29 is 14.6 Å². The highest BCUT2D eigenvalue weighted by molar-refractivity contribution is 6.11. The van der Waals surface area contributed by atoms with Crippen LogP contribution in [0.5, 0.6) is 17.2 Å². The van der Waals surface area contributed by atoms with E-state index in [4.69, 9.17) is 10.5 Å². The molecule has 5 rings (SSSR count). The van der Waals surface area contributed by atoms with Crippen molar-refractivity contribution >= 4 is 33.4 Å². The number of nitrogens with zero attached hydrogens (tertiary/aromatic N) is 3. The van der Waals surface area contributed by atoms with E-state index in [9.17, 15) is 9.90 Å². The Morgan fingerprint density at radius 3 is 2.44 bits per heavy atom. The van der Waals surface area contributed by atoms with E-state index in [1.54, 1.807) is 6.07 Å². The fourth-order valence-corrected chi connectivity index (χ4v) is 4.33. The van der Waals surface area contributed by atoms with Gasteiger partial charge in [-0.3, -0.25) is 4.79 Å². The van der Waals surface area contributed by atoms with Gasteiger partial charge in [0.15, 0.2) is 5.78 Å². The predicted molar refractivity (Wildman–Crippen MR) is 133 cm³/mol. The number of hydrogen-bond acceptors (Lipinski definition) is 6. The summed E-state index contributed by atoms with van der Waals surface area (Å²) < 4.78 is 8.21. The van der Waals surface area contributed by atoms with Gasteiger partial charge in [-0.25, -0.2) is 9.97 Å². The van der Waals surface area contributed by atoms with E-state index in [1.165, 1.54) is 19.3 Å². The van der Waals surface area contributed by atoms with Gasteiger partial charge in [-0.05, 0) is 43.9 Å². The van der Waals surface area contributed by atoms with Crippen LogP contribution in [0.25, 0.3) is 32.9 Å². The van der Waals surface area contributed by atoms with Crippen LogP contribution < -0.4 is 10.5 Å². The zero-order chi connectivity index (χ0) is 24.0. The van der Waals surface area contributed by atoms with E-state index >= 15 is 0 Å². The van der Waals surface area contributed by atoms with Crippen LogP contribution in [0.15, 0.2) is 67.1 Å². The van der Waals surface area contributed by atoms with Gasteiger partial charge in [0.1, 0.15) is 35.0 Å². The van der Waals surface area contributed by atoms with E-state index in [1.807, 2.05) is 48.7 Å². The number of fused-ring (bicyclic) bond motifs is 2. The molecule has 7 nitrogen and oxygen atoms in total. The van der Waals surface area contributed by atoms with Crippen LogP contribution in [-0.4, -0.2) is 25.4 Å². The molecule has 5 aromatic rings. The van der Waals surface area contributed by atoms with Crippen molar-refractivity contribution in [3.8, 4) is 28.4 Å². The first-order valence-corrected chi connectivity index (χ1v) is 11.0. The fourth-order valence-electron chi connectivity index (χ4n) is 4.33. The summed E-state index contributed by atoms with van der Waals surface area (Å²) in [6.45, 7) is 5.62. The van der Waals surface area contributed by atoms with Crippen LogP contribution in [0.3, 0.4) is 0 Å². The molecule has 3 aromatic carbocycles. The van der Waals surface area contributed by atoms with Crippen molar-refractivity contribution in [3.05, 3.63) is 72.7 Å². The number of anilines is 1. The van der Waals surface area contributed by atoms with Gasteiger partial charge in [0.05, 0.1) is 10.9 Å². The third kappa shape index (κ3) is 3.51. The topological polar surface area (TPSA) is 103 Å². The van der Waals surface area contributed by atoms with E-state index < -0.39 is 0 Å². The summed E-state index contributed by atoms with van der Waals surface area (Å²) in [5.74, 6) is 1.20. The first-order chi connectivity index (χ1) is 16.3. The average molecular weight is 453 g/mol. The maximum atomic E-state index is 12.1. The summed E-state index contributed by atoms with van der Waals surface area (Å²) in [6.07, 6.45) is 3.52. The molecule has 3 N–H and O–H groups in total. The number of aromatic nitrogens is 3. The second-order valence-corrected chi connectivity index (χ2v) is 8.50. The zero-order valence-corrected chi connectivity index (χ0v) is 19.1. The minimum atomic E-state index is -0.201. The number of benzene rings is 3. The van der Waals surface area contributed by atoms with E-state index in [0.29, 0.717) is 28.3 Å². The number of nitrogen functional groups attached to an aromatic ring is 1. The molecular weight excluding hydrogens is 428 g/mol. The number of ketones is 1. The molecule has 2 aromatic heterocycles. The first-order valence-electron chi connectivity index (χ1n) is 11.0. The lowest BCUT2D eigenvalue weighted by molar-refractivity contribution is 0.101. The molecule has 0 aliphatic heterocycles. The largest absolute Gasteiger partial charge is 0.507 e. The Kier molecular flexibility index (Phi) is 5.17. The molecule has 34 heavy (non-hydrogen) atoms. The number of hydrogen-bond donors (Lipinski definition) is 2.